The number of aromatic nitrogens is 4. The minimum atomic E-state index is -0.548. The van der Waals surface area contributed by atoms with Crippen LogP contribution in [0.2, 0.25) is 0 Å². The lowest BCUT2D eigenvalue weighted by molar-refractivity contribution is -0.122. The van der Waals surface area contributed by atoms with Crippen molar-refractivity contribution in [3.05, 3.63) is 53.1 Å². The van der Waals surface area contributed by atoms with Crippen LogP contribution in [0.4, 0.5) is 0 Å². The number of aromatic amines is 1. The van der Waals surface area contributed by atoms with E-state index in [2.05, 4.69) is 20.6 Å². The summed E-state index contributed by atoms with van der Waals surface area (Å²) in [7, 11) is 0. The fourth-order valence-corrected chi connectivity index (χ4v) is 5.56. The maximum absolute atomic E-state index is 13.7. The summed E-state index contributed by atoms with van der Waals surface area (Å²) in [6.45, 7) is 7.77. The van der Waals surface area contributed by atoms with E-state index in [1.165, 1.54) is 0 Å². The molecule has 2 saturated carbocycles. The summed E-state index contributed by atoms with van der Waals surface area (Å²) in [5, 5.41) is 25.4. The van der Waals surface area contributed by atoms with Crippen LogP contribution in [0.5, 0.6) is 5.75 Å². The maximum atomic E-state index is 13.7. The van der Waals surface area contributed by atoms with E-state index in [0.29, 0.717) is 23.1 Å². The lowest BCUT2D eigenvalue weighted by Crippen LogP contribution is -2.48. The summed E-state index contributed by atoms with van der Waals surface area (Å²) >= 11 is 0. The van der Waals surface area contributed by atoms with Gasteiger partial charge in [0.1, 0.15) is 11.4 Å². The molecule has 5 rings (SSSR count). The summed E-state index contributed by atoms with van der Waals surface area (Å²) in [6.07, 6.45) is 6.24. The lowest BCUT2D eigenvalue weighted by Gasteiger charge is -2.28. The standard InChI is InChI=1S/C28H35N5O3/c1-15(2)33-22(11-12-29-33)28(36)30-27(26(19-6-7-19)20-8-9-20)24(35)14-18-5-10-21(23(34)13-18)25-16(3)31-32-17(25)4/h5,10-13,15,19-20,26-27,34H,6-9,14H2,1-4H3,(H,30,36)(H,31,32)/t27-/m1/s1. The predicted octanol–water partition coefficient (Wildman–Crippen LogP) is 4.52. The largest absolute Gasteiger partial charge is 0.507 e. The third kappa shape index (κ3) is 4.81. The van der Waals surface area contributed by atoms with Gasteiger partial charge in [-0.05, 0) is 88.8 Å². The van der Waals surface area contributed by atoms with Crippen molar-refractivity contribution >= 4 is 11.7 Å². The lowest BCUT2D eigenvalue weighted by atomic mass is 9.84. The first kappa shape index (κ1) is 24.3. The molecule has 0 bridgehead atoms. The van der Waals surface area contributed by atoms with Crippen LogP contribution < -0.4 is 5.32 Å². The Morgan fingerprint density at radius 1 is 1.14 bits per heavy atom. The van der Waals surface area contributed by atoms with Crippen molar-refractivity contribution in [1.82, 2.24) is 25.3 Å². The third-order valence-electron chi connectivity index (χ3n) is 7.58. The van der Waals surface area contributed by atoms with Crippen molar-refractivity contribution < 1.29 is 14.7 Å². The van der Waals surface area contributed by atoms with Crippen LogP contribution in [0.25, 0.3) is 11.1 Å². The minimum Gasteiger partial charge on any atom is -0.507 e. The van der Waals surface area contributed by atoms with Gasteiger partial charge in [0.05, 0.1) is 11.7 Å². The molecular formula is C28H35N5O3. The topological polar surface area (TPSA) is 113 Å². The molecule has 0 aliphatic heterocycles. The molecule has 2 aliphatic rings. The first-order chi connectivity index (χ1) is 17.2. The van der Waals surface area contributed by atoms with Crippen molar-refractivity contribution in [2.24, 2.45) is 17.8 Å². The number of carbonyl (C=O) groups is 2. The molecule has 0 radical (unpaired) electrons. The van der Waals surface area contributed by atoms with E-state index >= 15 is 0 Å². The monoisotopic (exact) mass is 489 g/mol. The van der Waals surface area contributed by atoms with Crippen LogP contribution in [0.1, 0.15) is 73.0 Å². The number of aromatic hydroxyl groups is 1. The van der Waals surface area contributed by atoms with Crippen LogP contribution in [0.15, 0.2) is 30.5 Å². The summed E-state index contributed by atoms with van der Waals surface area (Å²) in [4.78, 5) is 27.1. The van der Waals surface area contributed by atoms with E-state index < -0.39 is 6.04 Å². The molecule has 0 saturated heterocycles. The number of aryl methyl sites for hydroxylation is 2. The molecule has 1 amide bonds. The average Bonchev–Trinajstić information content (AvgIpc) is 3.76. The van der Waals surface area contributed by atoms with Gasteiger partial charge in [0.15, 0.2) is 5.78 Å². The Bertz CT molecular complexity index is 1250. The van der Waals surface area contributed by atoms with E-state index in [1.807, 2.05) is 39.8 Å². The van der Waals surface area contributed by atoms with E-state index in [1.54, 1.807) is 23.0 Å². The molecule has 36 heavy (non-hydrogen) atoms. The number of benzene rings is 1. The smallest absolute Gasteiger partial charge is 0.270 e. The second-order valence-electron chi connectivity index (χ2n) is 10.8. The fourth-order valence-electron chi connectivity index (χ4n) is 5.56. The molecule has 2 fully saturated rings. The molecule has 0 spiro atoms. The highest BCUT2D eigenvalue weighted by atomic mass is 16.3. The summed E-state index contributed by atoms with van der Waals surface area (Å²) in [5.41, 5.74) is 4.46. The van der Waals surface area contributed by atoms with Gasteiger partial charge in [0.2, 0.25) is 0 Å². The molecule has 2 aliphatic carbocycles. The molecule has 0 unspecified atom stereocenters. The summed E-state index contributed by atoms with van der Waals surface area (Å²) in [5.74, 6) is 1.01. The molecule has 1 atom stereocenters. The SMILES string of the molecule is Cc1n[nH]c(C)c1-c1ccc(CC(=O)[C@@H](NC(=O)c2ccnn2C(C)C)C(C2CC2)C2CC2)cc1O. The molecule has 3 aromatic rings. The highest BCUT2D eigenvalue weighted by Crippen LogP contribution is 2.51. The fraction of sp³-hybridized carbons (Fsp3) is 0.500. The van der Waals surface area contributed by atoms with Crippen molar-refractivity contribution in [3.8, 4) is 16.9 Å². The van der Waals surface area contributed by atoms with Gasteiger partial charge < -0.3 is 10.4 Å². The molecule has 8 nitrogen and oxygen atoms in total. The van der Waals surface area contributed by atoms with Gasteiger partial charge in [0.25, 0.3) is 5.91 Å². The van der Waals surface area contributed by atoms with Crippen LogP contribution in [-0.4, -0.2) is 42.8 Å². The Kier molecular flexibility index (Phi) is 6.45. The first-order valence-corrected chi connectivity index (χ1v) is 13.0. The number of ketones is 1. The van der Waals surface area contributed by atoms with Gasteiger partial charge in [-0.2, -0.15) is 10.2 Å². The second-order valence-corrected chi connectivity index (χ2v) is 10.8. The number of rotatable bonds is 10. The second kappa shape index (κ2) is 9.56. The number of hydrogen-bond acceptors (Lipinski definition) is 5. The van der Waals surface area contributed by atoms with E-state index in [-0.39, 0.29) is 35.8 Å². The number of hydrogen-bond donors (Lipinski definition) is 3. The Morgan fingerprint density at radius 2 is 1.83 bits per heavy atom. The first-order valence-electron chi connectivity index (χ1n) is 13.0. The van der Waals surface area contributed by atoms with Gasteiger partial charge in [-0.3, -0.25) is 19.4 Å². The maximum Gasteiger partial charge on any atom is 0.270 e. The van der Waals surface area contributed by atoms with Crippen LogP contribution in [-0.2, 0) is 11.2 Å². The van der Waals surface area contributed by atoms with Crippen molar-refractivity contribution in [2.75, 3.05) is 0 Å². The molecule has 190 valence electrons. The number of carbonyl (C=O) groups excluding carboxylic acids is 2. The van der Waals surface area contributed by atoms with E-state index in [0.717, 1.165) is 48.2 Å². The average molecular weight is 490 g/mol. The molecule has 3 N–H and O–H groups in total. The minimum absolute atomic E-state index is 0.00872. The molecule has 1 aromatic carbocycles. The predicted molar refractivity (Wildman–Crippen MR) is 137 cm³/mol. The zero-order valence-corrected chi connectivity index (χ0v) is 21.4. The third-order valence-corrected chi connectivity index (χ3v) is 7.58. The molecule has 2 aromatic heterocycles. The number of nitrogens with one attached hydrogen (secondary N) is 2. The quantitative estimate of drug-likeness (QED) is 0.387. The van der Waals surface area contributed by atoms with Crippen molar-refractivity contribution in [2.45, 2.75) is 71.9 Å². The normalized spacial score (nSPS) is 16.5. The van der Waals surface area contributed by atoms with E-state index in [4.69, 9.17) is 0 Å². The Morgan fingerprint density at radius 3 is 2.39 bits per heavy atom. The van der Waals surface area contributed by atoms with Crippen LogP contribution in [0.3, 0.4) is 0 Å². The number of Topliss-reactive ketones (excluding diaryl/α,β-unsaturated/α-hetero) is 1. The zero-order valence-electron chi connectivity index (χ0n) is 21.4. The summed E-state index contributed by atoms with van der Waals surface area (Å²) in [6, 6.07) is 6.59. The van der Waals surface area contributed by atoms with Gasteiger partial charge in [-0.1, -0.05) is 12.1 Å². The van der Waals surface area contributed by atoms with E-state index in [9.17, 15) is 14.7 Å². The van der Waals surface area contributed by atoms with Gasteiger partial charge in [-0.15, -0.1) is 0 Å². The highest BCUT2D eigenvalue weighted by Gasteiger charge is 2.48. The van der Waals surface area contributed by atoms with Crippen LogP contribution in [0, 0.1) is 31.6 Å². The Labute approximate surface area is 211 Å². The Balaban J connectivity index is 1.39. The Hall–Kier alpha value is -3.42. The molecule has 8 heteroatoms. The number of phenols is 1. The molecule has 2 heterocycles. The van der Waals surface area contributed by atoms with Crippen molar-refractivity contribution in [3.63, 3.8) is 0 Å². The highest BCUT2D eigenvalue weighted by molar-refractivity contribution is 5.97. The summed E-state index contributed by atoms with van der Waals surface area (Å²) < 4.78 is 1.69. The number of phenolic OH excluding ortho intramolecular Hbond substituents is 1. The number of H-pyrrole nitrogens is 1. The van der Waals surface area contributed by atoms with Crippen molar-refractivity contribution in [1.29, 1.82) is 0 Å². The zero-order chi connectivity index (χ0) is 25.6. The van der Waals surface area contributed by atoms with Gasteiger partial charge >= 0.3 is 0 Å². The molecular weight excluding hydrogens is 454 g/mol. The van der Waals surface area contributed by atoms with Gasteiger partial charge in [-0.25, -0.2) is 0 Å². The number of nitrogens with zero attached hydrogens (tertiary/aromatic N) is 3. The number of amides is 1. The van der Waals surface area contributed by atoms with Gasteiger partial charge in [0, 0.05) is 35.5 Å². The van der Waals surface area contributed by atoms with Crippen LogP contribution >= 0.6 is 0 Å².